The molecule has 0 unspecified atom stereocenters. The van der Waals surface area contributed by atoms with Gasteiger partial charge in [-0.1, -0.05) is 0 Å². The number of sulfone groups is 1. The summed E-state index contributed by atoms with van der Waals surface area (Å²) in [5.41, 5.74) is 1.50. The fourth-order valence-electron chi connectivity index (χ4n) is 2.74. The van der Waals surface area contributed by atoms with Gasteiger partial charge in [-0.25, -0.2) is 23.2 Å². The molecule has 1 aromatic carbocycles. The van der Waals surface area contributed by atoms with Crippen LogP contribution in [-0.2, 0) is 20.3 Å². The molecule has 27 heavy (non-hydrogen) atoms. The summed E-state index contributed by atoms with van der Waals surface area (Å²) in [6, 6.07) is 8.27. The summed E-state index contributed by atoms with van der Waals surface area (Å²) >= 11 is 0. The Morgan fingerprint density at radius 3 is 2.48 bits per heavy atom. The Morgan fingerprint density at radius 1 is 1.22 bits per heavy atom. The van der Waals surface area contributed by atoms with Gasteiger partial charge in [0.2, 0.25) is 0 Å². The first-order valence-corrected chi connectivity index (χ1v) is 10.3. The smallest absolute Gasteiger partial charge is 0.409 e. The normalized spacial score (nSPS) is 14.8. The number of carboxylic acid groups (broad SMARTS) is 1. The topological polar surface area (TPSA) is 122 Å². The number of carbonyl (C=O) groups is 1. The van der Waals surface area contributed by atoms with Crippen molar-refractivity contribution >= 4 is 27.4 Å². The van der Waals surface area contributed by atoms with E-state index in [0.717, 1.165) is 6.26 Å². The van der Waals surface area contributed by atoms with Crippen LogP contribution in [0, 0.1) is 0 Å². The van der Waals surface area contributed by atoms with Crippen molar-refractivity contribution in [2.45, 2.75) is 5.75 Å². The lowest BCUT2D eigenvalue weighted by Gasteiger charge is -2.28. The van der Waals surface area contributed by atoms with Crippen LogP contribution in [0.15, 0.2) is 30.3 Å². The number of benzene rings is 1. The largest absolute Gasteiger partial charge is 0.465 e. The molecule has 2 N–H and O–H groups in total. The van der Waals surface area contributed by atoms with E-state index in [9.17, 15) is 13.2 Å². The van der Waals surface area contributed by atoms with Crippen molar-refractivity contribution in [3.63, 3.8) is 0 Å². The van der Waals surface area contributed by atoms with Gasteiger partial charge >= 0.3 is 6.09 Å². The first-order valence-electron chi connectivity index (χ1n) is 8.29. The van der Waals surface area contributed by atoms with Gasteiger partial charge in [-0.2, -0.15) is 0 Å². The van der Waals surface area contributed by atoms with Crippen molar-refractivity contribution in [1.82, 2.24) is 9.97 Å². The second kappa shape index (κ2) is 7.89. The van der Waals surface area contributed by atoms with Crippen molar-refractivity contribution in [2.75, 3.05) is 42.8 Å². The van der Waals surface area contributed by atoms with Gasteiger partial charge in [0.25, 0.3) is 0 Å². The molecule has 1 aliphatic rings. The number of rotatable bonds is 5. The van der Waals surface area contributed by atoms with E-state index < -0.39 is 15.9 Å². The summed E-state index contributed by atoms with van der Waals surface area (Å²) in [7, 11) is -3.25. The number of nitrogens with zero attached hydrogens (tertiary/aromatic N) is 3. The fraction of sp³-hybridized carbons (Fsp3) is 0.353. The van der Waals surface area contributed by atoms with E-state index in [2.05, 4.69) is 15.3 Å². The summed E-state index contributed by atoms with van der Waals surface area (Å²) in [6.45, 7) is 2.49. The summed E-state index contributed by atoms with van der Waals surface area (Å²) in [5, 5.41) is 11.0. The quantitative estimate of drug-likeness (QED) is 0.787. The molecule has 0 saturated carbocycles. The van der Waals surface area contributed by atoms with Gasteiger partial charge in [0.15, 0.2) is 15.7 Å². The molecule has 1 aromatic heterocycles. The minimum atomic E-state index is -3.25. The second-order valence-corrected chi connectivity index (χ2v) is 8.36. The van der Waals surface area contributed by atoms with Crippen LogP contribution in [0.5, 0.6) is 0 Å². The number of amides is 1. The zero-order valence-electron chi connectivity index (χ0n) is 14.8. The van der Waals surface area contributed by atoms with E-state index in [0.29, 0.717) is 54.9 Å². The third-order valence-electron chi connectivity index (χ3n) is 3.91. The molecule has 1 saturated heterocycles. The standard InChI is InChI=1S/C17H20N4O5S/c1-27(24,25)11-14-10-15(21-6-8-26-9-7-21)20-16(18-14)12-2-4-13(5-3-12)19-17(22)23/h2-5,10,19H,6-9,11H2,1H3,(H,22,23). The highest BCUT2D eigenvalue weighted by atomic mass is 32.2. The summed E-state index contributed by atoms with van der Waals surface area (Å²) in [4.78, 5) is 21.7. The van der Waals surface area contributed by atoms with Crippen LogP contribution in [0.4, 0.5) is 16.3 Å². The Balaban J connectivity index is 1.97. The van der Waals surface area contributed by atoms with Gasteiger partial charge in [-0.15, -0.1) is 0 Å². The molecule has 0 radical (unpaired) electrons. The Hall–Kier alpha value is -2.72. The van der Waals surface area contributed by atoms with Crippen LogP contribution in [0.3, 0.4) is 0 Å². The minimum Gasteiger partial charge on any atom is -0.465 e. The Morgan fingerprint density at radius 2 is 1.89 bits per heavy atom. The summed E-state index contributed by atoms with van der Waals surface area (Å²) < 4.78 is 28.8. The van der Waals surface area contributed by atoms with Gasteiger partial charge < -0.3 is 14.7 Å². The highest BCUT2D eigenvalue weighted by molar-refractivity contribution is 7.89. The molecule has 1 amide bonds. The first kappa shape index (κ1) is 19.1. The van der Waals surface area contributed by atoms with Crippen LogP contribution < -0.4 is 10.2 Å². The zero-order chi connectivity index (χ0) is 19.4. The summed E-state index contributed by atoms with van der Waals surface area (Å²) in [6.07, 6.45) is 0.0130. The van der Waals surface area contributed by atoms with Crippen molar-refractivity contribution in [1.29, 1.82) is 0 Å². The van der Waals surface area contributed by atoms with Crippen LogP contribution in [0.2, 0.25) is 0 Å². The van der Waals surface area contributed by atoms with Gasteiger partial charge in [-0.3, -0.25) is 5.32 Å². The minimum absolute atomic E-state index is 0.182. The predicted octanol–water partition coefficient (Wildman–Crippen LogP) is 1.61. The lowest BCUT2D eigenvalue weighted by atomic mass is 10.2. The van der Waals surface area contributed by atoms with Gasteiger partial charge in [-0.05, 0) is 24.3 Å². The molecule has 0 spiro atoms. The SMILES string of the molecule is CS(=O)(=O)Cc1cc(N2CCOCC2)nc(-c2ccc(NC(=O)O)cc2)n1. The Labute approximate surface area is 156 Å². The second-order valence-electron chi connectivity index (χ2n) is 6.22. The molecule has 3 rings (SSSR count). The molecule has 2 heterocycles. The number of hydrogen-bond acceptors (Lipinski definition) is 7. The molecule has 1 aliphatic heterocycles. The maximum atomic E-state index is 11.7. The van der Waals surface area contributed by atoms with Crippen LogP contribution in [0.25, 0.3) is 11.4 Å². The van der Waals surface area contributed by atoms with Crippen LogP contribution in [-0.4, -0.2) is 62.1 Å². The van der Waals surface area contributed by atoms with Crippen molar-refractivity contribution in [3.05, 3.63) is 36.0 Å². The summed E-state index contributed by atoms with van der Waals surface area (Å²) in [5.74, 6) is 0.854. The molecule has 0 aliphatic carbocycles. The molecular formula is C17H20N4O5S. The van der Waals surface area contributed by atoms with E-state index >= 15 is 0 Å². The van der Waals surface area contributed by atoms with E-state index in [1.165, 1.54) is 0 Å². The highest BCUT2D eigenvalue weighted by Gasteiger charge is 2.17. The Kier molecular flexibility index (Phi) is 5.57. The third kappa shape index (κ3) is 5.38. The molecule has 0 bridgehead atoms. The van der Waals surface area contributed by atoms with E-state index in [1.807, 2.05) is 4.90 Å². The van der Waals surface area contributed by atoms with Crippen LogP contribution >= 0.6 is 0 Å². The predicted molar refractivity (Wildman–Crippen MR) is 101 cm³/mol. The van der Waals surface area contributed by atoms with Gasteiger partial charge in [0.05, 0.1) is 24.7 Å². The Bertz CT molecular complexity index is 925. The number of nitrogens with one attached hydrogen (secondary N) is 1. The van der Waals surface area contributed by atoms with Crippen molar-refractivity contribution < 1.29 is 23.1 Å². The van der Waals surface area contributed by atoms with E-state index in [1.54, 1.807) is 30.3 Å². The number of hydrogen-bond donors (Lipinski definition) is 2. The molecule has 9 nitrogen and oxygen atoms in total. The van der Waals surface area contributed by atoms with Crippen LogP contribution in [0.1, 0.15) is 5.69 Å². The van der Waals surface area contributed by atoms with Gasteiger partial charge in [0, 0.05) is 36.7 Å². The lowest BCUT2D eigenvalue weighted by molar-refractivity contribution is 0.122. The van der Waals surface area contributed by atoms with Gasteiger partial charge in [0.1, 0.15) is 5.82 Å². The average Bonchev–Trinajstić information content (AvgIpc) is 2.61. The first-order chi connectivity index (χ1) is 12.8. The molecule has 0 atom stereocenters. The van der Waals surface area contributed by atoms with Crippen molar-refractivity contribution in [2.24, 2.45) is 0 Å². The lowest BCUT2D eigenvalue weighted by Crippen LogP contribution is -2.37. The third-order valence-corrected chi connectivity index (χ3v) is 4.73. The van der Waals surface area contributed by atoms with E-state index in [-0.39, 0.29) is 5.75 Å². The molecule has 1 fully saturated rings. The fourth-order valence-corrected chi connectivity index (χ4v) is 3.42. The number of morpholine rings is 1. The number of ether oxygens (including phenoxy) is 1. The molecule has 144 valence electrons. The monoisotopic (exact) mass is 392 g/mol. The molecule has 10 heteroatoms. The maximum absolute atomic E-state index is 11.7. The maximum Gasteiger partial charge on any atom is 0.409 e. The number of anilines is 2. The molecule has 2 aromatic rings. The van der Waals surface area contributed by atoms with E-state index in [4.69, 9.17) is 9.84 Å². The average molecular weight is 392 g/mol. The number of aromatic nitrogens is 2. The zero-order valence-corrected chi connectivity index (χ0v) is 15.6. The molecular weight excluding hydrogens is 372 g/mol. The van der Waals surface area contributed by atoms with Crippen molar-refractivity contribution in [3.8, 4) is 11.4 Å². The highest BCUT2D eigenvalue weighted by Crippen LogP contribution is 2.23.